The van der Waals surface area contributed by atoms with Crippen LogP contribution in [-0.2, 0) is 17.2 Å². The second-order valence-corrected chi connectivity index (χ2v) is 4.60. The van der Waals surface area contributed by atoms with E-state index in [4.69, 9.17) is 11.6 Å². The van der Waals surface area contributed by atoms with Crippen LogP contribution >= 0.6 is 11.6 Å². The Hall–Kier alpha value is -1.34. The van der Waals surface area contributed by atoms with Crippen molar-refractivity contribution in [2.24, 2.45) is 0 Å². The molecule has 0 aliphatic heterocycles. The highest BCUT2D eigenvalue weighted by Crippen LogP contribution is 2.17. The van der Waals surface area contributed by atoms with E-state index in [0.717, 1.165) is 5.56 Å². The number of alkyl halides is 4. The van der Waals surface area contributed by atoms with E-state index in [2.05, 4.69) is 14.7 Å². The summed E-state index contributed by atoms with van der Waals surface area (Å²) in [5.41, 5.74) is 2.23. The molecule has 2 aromatic rings. The molecule has 0 radical (unpaired) electrons. The van der Waals surface area contributed by atoms with Crippen LogP contribution in [0.1, 0.15) is 11.4 Å². The summed E-state index contributed by atoms with van der Waals surface area (Å²) in [6.45, 7) is 0.774. The van der Waals surface area contributed by atoms with Gasteiger partial charge in [0.05, 0.1) is 12.5 Å². The molecule has 0 aromatic carbocycles. The van der Waals surface area contributed by atoms with Gasteiger partial charge in [-0.3, -0.25) is 0 Å². The van der Waals surface area contributed by atoms with Gasteiger partial charge in [0.1, 0.15) is 17.9 Å². The number of hydrogen-bond donors (Lipinski definition) is 0. The van der Waals surface area contributed by atoms with Crippen LogP contribution in [-0.4, -0.2) is 33.9 Å². The maximum absolute atomic E-state index is 12.0. The summed E-state index contributed by atoms with van der Waals surface area (Å²) in [6.07, 6.45) is -2.64. The minimum absolute atomic E-state index is 0.0790. The molecule has 4 nitrogen and oxygen atoms in total. The second kappa shape index (κ2) is 5.97. The van der Waals surface area contributed by atoms with E-state index in [1.165, 1.54) is 0 Å². The first-order valence-electron chi connectivity index (χ1n) is 5.93. The number of imidazole rings is 1. The summed E-state index contributed by atoms with van der Waals surface area (Å²) in [5.74, 6) is 0.727. The van der Waals surface area contributed by atoms with Crippen molar-refractivity contribution in [2.45, 2.75) is 25.5 Å². The lowest BCUT2D eigenvalue weighted by Gasteiger charge is -2.09. The van der Waals surface area contributed by atoms with E-state index in [1.54, 1.807) is 10.8 Å². The smallest absolute Gasteiger partial charge is 0.370 e. The maximum atomic E-state index is 12.0. The molecule has 0 saturated carbocycles. The largest absolute Gasteiger partial charge is 0.411 e. The van der Waals surface area contributed by atoms with Crippen molar-refractivity contribution in [3.8, 4) is 0 Å². The van der Waals surface area contributed by atoms with Gasteiger partial charge in [-0.25, -0.2) is 9.97 Å². The van der Waals surface area contributed by atoms with Crippen LogP contribution in [0, 0.1) is 6.92 Å². The fraction of sp³-hybridized carbons (Fsp3) is 0.500. The molecule has 2 rings (SSSR count). The van der Waals surface area contributed by atoms with Crippen molar-refractivity contribution in [3.63, 3.8) is 0 Å². The minimum atomic E-state index is -4.32. The standard InChI is InChI=1S/C12H13ClF3N3O/c1-8-4-9-11(17-6-8)19(10(5-13)18-9)2-3-20-7-12(14,15)16/h4,6H,2-3,5,7H2,1H3. The number of ether oxygens (including phenoxy) is 1. The lowest BCUT2D eigenvalue weighted by atomic mass is 10.3. The summed E-state index contributed by atoms with van der Waals surface area (Å²) in [6, 6.07) is 1.85. The fourth-order valence-electron chi connectivity index (χ4n) is 1.84. The number of nitrogens with zero attached hydrogens (tertiary/aromatic N) is 3. The summed E-state index contributed by atoms with van der Waals surface area (Å²) in [5, 5.41) is 0. The van der Waals surface area contributed by atoms with E-state index in [1.807, 2.05) is 13.0 Å². The van der Waals surface area contributed by atoms with E-state index in [0.29, 0.717) is 17.0 Å². The van der Waals surface area contributed by atoms with Gasteiger partial charge in [-0.2, -0.15) is 13.2 Å². The first-order valence-corrected chi connectivity index (χ1v) is 6.46. The third kappa shape index (κ3) is 3.61. The highest BCUT2D eigenvalue weighted by atomic mass is 35.5. The van der Waals surface area contributed by atoms with E-state index < -0.39 is 12.8 Å². The molecule has 8 heteroatoms. The van der Waals surface area contributed by atoms with Gasteiger partial charge in [0.15, 0.2) is 5.65 Å². The molecule has 0 spiro atoms. The molecule has 2 aromatic heterocycles. The van der Waals surface area contributed by atoms with Crippen LogP contribution in [0.5, 0.6) is 0 Å². The monoisotopic (exact) mass is 307 g/mol. The van der Waals surface area contributed by atoms with Crippen LogP contribution in [0.4, 0.5) is 13.2 Å². The number of aromatic nitrogens is 3. The maximum Gasteiger partial charge on any atom is 0.411 e. The van der Waals surface area contributed by atoms with Gasteiger partial charge in [-0.15, -0.1) is 11.6 Å². The molecule has 0 amide bonds. The molecule has 0 aliphatic carbocycles. The Morgan fingerprint density at radius 2 is 2.15 bits per heavy atom. The molecule has 2 heterocycles. The normalized spacial score (nSPS) is 12.2. The Balaban J connectivity index is 2.12. The third-order valence-corrected chi connectivity index (χ3v) is 2.88. The van der Waals surface area contributed by atoms with Gasteiger partial charge in [-0.05, 0) is 18.6 Å². The predicted molar refractivity (Wildman–Crippen MR) is 68.7 cm³/mol. The molecule has 20 heavy (non-hydrogen) atoms. The Morgan fingerprint density at radius 3 is 2.80 bits per heavy atom. The van der Waals surface area contributed by atoms with Gasteiger partial charge in [0.2, 0.25) is 0 Å². The first kappa shape index (κ1) is 15.1. The number of hydrogen-bond acceptors (Lipinski definition) is 3. The molecular weight excluding hydrogens is 295 g/mol. The van der Waals surface area contributed by atoms with E-state index in [9.17, 15) is 13.2 Å². The lowest BCUT2D eigenvalue weighted by molar-refractivity contribution is -0.174. The van der Waals surface area contributed by atoms with Crippen molar-refractivity contribution >= 4 is 22.8 Å². The molecule has 0 saturated heterocycles. The SMILES string of the molecule is Cc1cnc2c(c1)nc(CCl)n2CCOCC(F)(F)F. The number of fused-ring (bicyclic) bond motifs is 1. The Morgan fingerprint density at radius 1 is 1.40 bits per heavy atom. The number of pyridine rings is 1. The molecule has 110 valence electrons. The molecule has 0 fully saturated rings. The summed E-state index contributed by atoms with van der Waals surface area (Å²) in [7, 11) is 0. The van der Waals surface area contributed by atoms with Gasteiger partial charge in [0.25, 0.3) is 0 Å². The predicted octanol–water partition coefficient (Wildman–Crippen LogP) is 3.06. The molecule has 0 unspecified atom stereocenters. The Bertz CT molecular complexity index is 597. The van der Waals surface area contributed by atoms with Gasteiger partial charge < -0.3 is 9.30 Å². The zero-order valence-corrected chi connectivity index (χ0v) is 11.5. The molecule has 0 atom stereocenters. The van der Waals surface area contributed by atoms with Gasteiger partial charge >= 0.3 is 6.18 Å². The molecular formula is C12H13ClF3N3O. The Kier molecular flexibility index (Phi) is 4.49. The van der Waals surface area contributed by atoms with Crippen LogP contribution < -0.4 is 0 Å². The molecule has 0 aliphatic rings. The van der Waals surface area contributed by atoms with Crippen molar-refractivity contribution in [3.05, 3.63) is 23.7 Å². The minimum Gasteiger partial charge on any atom is -0.370 e. The Labute approximate surface area is 118 Å². The van der Waals surface area contributed by atoms with Crippen molar-refractivity contribution < 1.29 is 17.9 Å². The quantitative estimate of drug-likeness (QED) is 0.629. The number of halogens is 4. The average molecular weight is 308 g/mol. The van der Waals surface area contributed by atoms with E-state index in [-0.39, 0.29) is 19.0 Å². The number of rotatable bonds is 5. The summed E-state index contributed by atoms with van der Waals surface area (Å²) >= 11 is 5.80. The second-order valence-electron chi connectivity index (χ2n) is 4.34. The van der Waals surface area contributed by atoms with Crippen molar-refractivity contribution in [1.82, 2.24) is 14.5 Å². The average Bonchev–Trinajstić information content (AvgIpc) is 2.70. The van der Waals surface area contributed by atoms with E-state index >= 15 is 0 Å². The highest BCUT2D eigenvalue weighted by Gasteiger charge is 2.27. The zero-order chi connectivity index (χ0) is 14.8. The van der Waals surface area contributed by atoms with Gasteiger partial charge in [0, 0.05) is 12.7 Å². The topological polar surface area (TPSA) is 39.9 Å². The number of aryl methyl sites for hydroxylation is 1. The van der Waals surface area contributed by atoms with Crippen LogP contribution in [0.25, 0.3) is 11.2 Å². The highest BCUT2D eigenvalue weighted by molar-refractivity contribution is 6.16. The fourth-order valence-corrected chi connectivity index (χ4v) is 2.04. The van der Waals surface area contributed by atoms with Crippen molar-refractivity contribution in [2.75, 3.05) is 13.2 Å². The molecule has 0 N–H and O–H groups in total. The third-order valence-electron chi connectivity index (χ3n) is 2.65. The van der Waals surface area contributed by atoms with Gasteiger partial charge in [-0.1, -0.05) is 0 Å². The van der Waals surface area contributed by atoms with Crippen molar-refractivity contribution in [1.29, 1.82) is 0 Å². The summed E-state index contributed by atoms with van der Waals surface area (Å²) < 4.78 is 42.2. The van der Waals surface area contributed by atoms with Crippen LogP contribution in [0.15, 0.2) is 12.3 Å². The van der Waals surface area contributed by atoms with Crippen LogP contribution in [0.2, 0.25) is 0 Å². The van der Waals surface area contributed by atoms with Crippen LogP contribution in [0.3, 0.4) is 0 Å². The zero-order valence-electron chi connectivity index (χ0n) is 10.7. The molecule has 0 bridgehead atoms. The summed E-state index contributed by atoms with van der Waals surface area (Å²) in [4.78, 5) is 8.55. The first-order chi connectivity index (χ1) is 9.40. The lowest BCUT2D eigenvalue weighted by Crippen LogP contribution is -2.19.